The van der Waals surface area contributed by atoms with Gasteiger partial charge in [-0.25, -0.2) is 0 Å². The van der Waals surface area contributed by atoms with Crippen LogP contribution in [-0.2, 0) is 11.3 Å². The van der Waals surface area contributed by atoms with Gasteiger partial charge >= 0.3 is 0 Å². The number of nitrogens with two attached hydrogens (primary N) is 1. The summed E-state index contributed by atoms with van der Waals surface area (Å²) in [6, 6.07) is 6.97. The van der Waals surface area contributed by atoms with Crippen molar-refractivity contribution >= 4 is 21.6 Å². The lowest BCUT2D eigenvalue weighted by Crippen LogP contribution is -2.36. The summed E-state index contributed by atoms with van der Waals surface area (Å²) in [5.74, 6) is 0. The second-order valence-corrected chi connectivity index (χ2v) is 5.29. The van der Waals surface area contributed by atoms with Crippen LogP contribution in [0.1, 0.15) is 18.4 Å². The molecule has 0 unspecified atom stereocenters. The van der Waals surface area contributed by atoms with E-state index in [1.54, 1.807) is 0 Å². The molecule has 0 radical (unpaired) electrons. The topological polar surface area (TPSA) is 38.5 Å². The normalized spacial score (nSPS) is 17.1. The van der Waals surface area contributed by atoms with Gasteiger partial charge in [-0.3, -0.25) is 0 Å². The zero-order chi connectivity index (χ0) is 12.3. The van der Waals surface area contributed by atoms with Crippen LogP contribution in [0.15, 0.2) is 22.7 Å². The van der Waals surface area contributed by atoms with Gasteiger partial charge in [0.15, 0.2) is 0 Å². The summed E-state index contributed by atoms with van der Waals surface area (Å²) < 4.78 is 6.49. The minimum absolute atomic E-state index is 0.571. The lowest BCUT2D eigenvalue weighted by Gasteiger charge is -2.33. The fraction of sp³-hybridized carbons (Fsp3) is 0.538. The highest BCUT2D eigenvalue weighted by Crippen LogP contribution is 2.26. The number of ether oxygens (including phenoxy) is 1. The van der Waals surface area contributed by atoms with Crippen LogP contribution in [0.4, 0.5) is 5.69 Å². The SMILES string of the molecule is CN(c1ccc(CN)c(Br)c1)C1CCOCC1. The van der Waals surface area contributed by atoms with E-state index in [4.69, 9.17) is 10.5 Å². The Morgan fingerprint density at radius 2 is 2.12 bits per heavy atom. The van der Waals surface area contributed by atoms with Gasteiger partial charge in [0.1, 0.15) is 0 Å². The van der Waals surface area contributed by atoms with Crippen molar-refractivity contribution in [2.24, 2.45) is 5.73 Å². The molecule has 2 N–H and O–H groups in total. The van der Waals surface area contributed by atoms with E-state index in [9.17, 15) is 0 Å². The van der Waals surface area contributed by atoms with E-state index in [-0.39, 0.29) is 0 Å². The van der Waals surface area contributed by atoms with Crippen molar-refractivity contribution < 1.29 is 4.74 Å². The molecule has 1 saturated heterocycles. The van der Waals surface area contributed by atoms with Gasteiger partial charge in [0, 0.05) is 43.0 Å². The molecule has 1 aromatic carbocycles. The van der Waals surface area contributed by atoms with E-state index >= 15 is 0 Å². The Bertz CT molecular complexity index is 378. The Morgan fingerprint density at radius 3 is 2.71 bits per heavy atom. The molecule has 0 bridgehead atoms. The van der Waals surface area contributed by atoms with Crippen LogP contribution in [0.2, 0.25) is 0 Å². The summed E-state index contributed by atoms with van der Waals surface area (Å²) >= 11 is 3.57. The summed E-state index contributed by atoms with van der Waals surface area (Å²) in [6.45, 7) is 2.32. The number of rotatable bonds is 3. The minimum atomic E-state index is 0.571. The van der Waals surface area contributed by atoms with Crippen molar-refractivity contribution in [3.8, 4) is 0 Å². The molecule has 0 aromatic heterocycles. The molecule has 4 heteroatoms. The molecule has 1 aromatic rings. The monoisotopic (exact) mass is 298 g/mol. The molecular formula is C13H19BrN2O. The Kier molecular flexibility index (Phi) is 4.42. The lowest BCUT2D eigenvalue weighted by molar-refractivity contribution is 0.0855. The standard InChI is InChI=1S/C13H19BrN2O/c1-16(11-4-6-17-7-5-11)12-3-2-10(9-15)13(14)8-12/h2-3,8,11H,4-7,9,15H2,1H3. The first kappa shape index (κ1) is 12.9. The zero-order valence-corrected chi connectivity index (χ0v) is 11.7. The van der Waals surface area contributed by atoms with Gasteiger partial charge in [0.25, 0.3) is 0 Å². The summed E-state index contributed by atoms with van der Waals surface area (Å²) in [5, 5.41) is 0. The van der Waals surface area contributed by atoms with E-state index < -0.39 is 0 Å². The maximum absolute atomic E-state index is 5.66. The molecule has 1 fully saturated rings. The molecule has 0 saturated carbocycles. The fourth-order valence-corrected chi connectivity index (χ4v) is 2.73. The Morgan fingerprint density at radius 1 is 1.41 bits per heavy atom. The van der Waals surface area contributed by atoms with Gasteiger partial charge in [0.2, 0.25) is 0 Å². The second-order valence-electron chi connectivity index (χ2n) is 4.43. The smallest absolute Gasteiger partial charge is 0.0485 e. The molecule has 1 heterocycles. The van der Waals surface area contributed by atoms with Crippen LogP contribution in [0.3, 0.4) is 0 Å². The van der Waals surface area contributed by atoms with Gasteiger partial charge in [-0.2, -0.15) is 0 Å². The third-order valence-electron chi connectivity index (χ3n) is 3.40. The van der Waals surface area contributed by atoms with Crippen molar-refractivity contribution in [1.29, 1.82) is 0 Å². The Balaban J connectivity index is 2.12. The summed E-state index contributed by atoms with van der Waals surface area (Å²) in [4.78, 5) is 2.34. The van der Waals surface area contributed by atoms with Crippen molar-refractivity contribution in [3.63, 3.8) is 0 Å². The van der Waals surface area contributed by atoms with E-state index in [1.165, 1.54) is 5.69 Å². The van der Waals surface area contributed by atoms with Gasteiger partial charge in [-0.15, -0.1) is 0 Å². The average molecular weight is 299 g/mol. The van der Waals surface area contributed by atoms with Crippen molar-refractivity contribution in [1.82, 2.24) is 0 Å². The Hall–Kier alpha value is -0.580. The van der Waals surface area contributed by atoms with Crippen LogP contribution in [0, 0.1) is 0 Å². The molecule has 1 aliphatic heterocycles. The number of hydrogen-bond donors (Lipinski definition) is 1. The largest absolute Gasteiger partial charge is 0.381 e. The minimum Gasteiger partial charge on any atom is -0.381 e. The lowest BCUT2D eigenvalue weighted by atomic mass is 10.1. The van der Waals surface area contributed by atoms with Crippen LogP contribution in [-0.4, -0.2) is 26.3 Å². The quantitative estimate of drug-likeness (QED) is 0.932. The molecule has 0 spiro atoms. The van der Waals surface area contributed by atoms with E-state index in [0.29, 0.717) is 12.6 Å². The average Bonchev–Trinajstić information content (AvgIpc) is 2.39. The van der Waals surface area contributed by atoms with Crippen LogP contribution in [0.5, 0.6) is 0 Å². The summed E-state index contributed by atoms with van der Waals surface area (Å²) in [7, 11) is 2.15. The van der Waals surface area contributed by atoms with E-state index in [1.807, 2.05) is 0 Å². The highest BCUT2D eigenvalue weighted by molar-refractivity contribution is 9.10. The third-order valence-corrected chi connectivity index (χ3v) is 4.14. The van der Waals surface area contributed by atoms with Gasteiger partial charge in [-0.1, -0.05) is 22.0 Å². The molecule has 1 aliphatic rings. The number of benzene rings is 1. The molecule has 0 atom stereocenters. The molecule has 17 heavy (non-hydrogen) atoms. The number of halogens is 1. The first-order valence-corrected chi connectivity index (χ1v) is 6.80. The fourth-order valence-electron chi connectivity index (χ4n) is 2.20. The number of hydrogen-bond acceptors (Lipinski definition) is 3. The van der Waals surface area contributed by atoms with Gasteiger partial charge in [-0.05, 0) is 30.5 Å². The van der Waals surface area contributed by atoms with E-state index in [2.05, 4.69) is 46.1 Å². The number of anilines is 1. The maximum atomic E-state index is 5.66. The molecule has 94 valence electrons. The van der Waals surface area contributed by atoms with Crippen molar-refractivity contribution in [3.05, 3.63) is 28.2 Å². The first-order chi connectivity index (χ1) is 8.22. The second kappa shape index (κ2) is 5.85. The van der Waals surface area contributed by atoms with Crippen LogP contribution in [0.25, 0.3) is 0 Å². The Labute approximate surface area is 111 Å². The molecule has 3 nitrogen and oxygen atoms in total. The predicted molar refractivity (Wildman–Crippen MR) is 74.3 cm³/mol. The highest BCUT2D eigenvalue weighted by Gasteiger charge is 2.19. The van der Waals surface area contributed by atoms with Crippen molar-refractivity contribution in [2.75, 3.05) is 25.2 Å². The molecule has 2 rings (SSSR count). The number of nitrogens with zero attached hydrogens (tertiary/aromatic N) is 1. The maximum Gasteiger partial charge on any atom is 0.0485 e. The molecular weight excluding hydrogens is 280 g/mol. The zero-order valence-electron chi connectivity index (χ0n) is 10.2. The first-order valence-electron chi connectivity index (χ1n) is 6.01. The summed E-state index contributed by atoms with van der Waals surface area (Å²) in [5.41, 5.74) is 8.04. The summed E-state index contributed by atoms with van der Waals surface area (Å²) in [6.07, 6.45) is 2.21. The van der Waals surface area contributed by atoms with Crippen molar-refractivity contribution in [2.45, 2.75) is 25.4 Å². The van der Waals surface area contributed by atoms with E-state index in [0.717, 1.165) is 36.1 Å². The molecule has 0 amide bonds. The van der Waals surface area contributed by atoms with Crippen LogP contribution >= 0.6 is 15.9 Å². The van der Waals surface area contributed by atoms with Gasteiger partial charge < -0.3 is 15.4 Å². The third kappa shape index (κ3) is 3.00. The highest BCUT2D eigenvalue weighted by atomic mass is 79.9. The molecule has 0 aliphatic carbocycles. The van der Waals surface area contributed by atoms with Gasteiger partial charge in [0.05, 0.1) is 0 Å². The van der Waals surface area contributed by atoms with Crippen LogP contribution < -0.4 is 10.6 Å². The predicted octanol–water partition coefficient (Wildman–Crippen LogP) is 2.52.